The second-order valence-electron chi connectivity index (χ2n) is 3.00. The fraction of sp³-hybridized carbons (Fsp3) is 0.875. The van der Waals surface area contributed by atoms with Gasteiger partial charge in [0.25, 0.3) is 0 Å². The molecule has 0 saturated carbocycles. The Balaban J connectivity index is 3.51. The largest absolute Gasteiger partial charge is 0.469 e. The van der Waals surface area contributed by atoms with Gasteiger partial charge < -0.3 is 10.1 Å². The maximum atomic E-state index is 10.7. The van der Waals surface area contributed by atoms with Gasteiger partial charge in [0, 0.05) is 12.1 Å². The summed E-state index contributed by atoms with van der Waals surface area (Å²) in [7, 11) is 1.41. The van der Waals surface area contributed by atoms with Gasteiger partial charge in [0.05, 0.1) is 13.5 Å². The summed E-state index contributed by atoms with van der Waals surface area (Å²) in [5.41, 5.74) is 0. The Hall–Kier alpha value is -0.570. The van der Waals surface area contributed by atoms with E-state index in [1.807, 2.05) is 20.8 Å². The monoisotopic (exact) mass is 159 g/mol. The predicted octanol–water partition coefficient (Wildman–Crippen LogP) is 0.936. The molecule has 0 saturated heterocycles. The average molecular weight is 159 g/mol. The van der Waals surface area contributed by atoms with Gasteiger partial charge in [-0.05, 0) is 6.92 Å². The molecule has 1 N–H and O–H groups in total. The lowest BCUT2D eigenvalue weighted by molar-refractivity contribution is -0.141. The maximum Gasteiger partial charge on any atom is 0.307 e. The van der Waals surface area contributed by atoms with Crippen molar-refractivity contribution >= 4 is 5.97 Å². The number of ether oxygens (including phenoxy) is 1. The van der Waals surface area contributed by atoms with Crippen molar-refractivity contribution in [1.29, 1.82) is 0 Å². The smallest absolute Gasteiger partial charge is 0.307 e. The third-order valence-corrected chi connectivity index (χ3v) is 1.32. The Morgan fingerprint density at radius 3 is 2.36 bits per heavy atom. The molecule has 1 unspecified atom stereocenters. The number of nitrogens with one attached hydrogen (secondary N) is 1. The van der Waals surface area contributed by atoms with Crippen LogP contribution in [0.4, 0.5) is 0 Å². The molecule has 1 atom stereocenters. The van der Waals surface area contributed by atoms with Crippen molar-refractivity contribution in [2.45, 2.75) is 39.3 Å². The topological polar surface area (TPSA) is 38.3 Å². The van der Waals surface area contributed by atoms with Crippen LogP contribution < -0.4 is 5.32 Å². The zero-order chi connectivity index (χ0) is 8.85. The second-order valence-corrected chi connectivity index (χ2v) is 3.00. The molecule has 3 heteroatoms. The Labute approximate surface area is 68.1 Å². The molecule has 0 aromatic heterocycles. The zero-order valence-electron chi connectivity index (χ0n) is 7.68. The quantitative estimate of drug-likeness (QED) is 0.620. The first-order chi connectivity index (χ1) is 5.06. The van der Waals surface area contributed by atoms with E-state index in [1.54, 1.807) is 0 Å². The summed E-state index contributed by atoms with van der Waals surface area (Å²) < 4.78 is 4.52. The van der Waals surface area contributed by atoms with E-state index in [2.05, 4.69) is 10.1 Å². The molecule has 0 rings (SSSR count). The van der Waals surface area contributed by atoms with Crippen LogP contribution in [0.2, 0.25) is 0 Å². The third-order valence-electron chi connectivity index (χ3n) is 1.32. The normalized spacial score (nSPS) is 13.2. The SMILES string of the molecule is COC(=O)CC(C)NC(C)C. The van der Waals surface area contributed by atoms with Crippen molar-refractivity contribution in [1.82, 2.24) is 5.32 Å². The lowest BCUT2D eigenvalue weighted by Gasteiger charge is -2.14. The number of carbonyl (C=O) groups excluding carboxylic acids is 1. The highest BCUT2D eigenvalue weighted by Gasteiger charge is 2.08. The fourth-order valence-electron chi connectivity index (χ4n) is 0.961. The molecule has 66 valence electrons. The van der Waals surface area contributed by atoms with Crippen LogP contribution in [-0.4, -0.2) is 25.2 Å². The molecule has 0 aromatic carbocycles. The lowest BCUT2D eigenvalue weighted by atomic mass is 10.2. The van der Waals surface area contributed by atoms with E-state index in [9.17, 15) is 4.79 Å². The van der Waals surface area contributed by atoms with Crippen molar-refractivity contribution in [3.8, 4) is 0 Å². The van der Waals surface area contributed by atoms with Gasteiger partial charge in [-0.15, -0.1) is 0 Å². The first kappa shape index (κ1) is 10.4. The lowest BCUT2D eigenvalue weighted by Crippen LogP contribution is -2.34. The molecule has 0 aromatic rings. The van der Waals surface area contributed by atoms with Gasteiger partial charge in [0.1, 0.15) is 0 Å². The predicted molar refractivity (Wildman–Crippen MR) is 44.4 cm³/mol. The molecule has 0 aliphatic rings. The van der Waals surface area contributed by atoms with E-state index in [1.165, 1.54) is 7.11 Å². The van der Waals surface area contributed by atoms with Gasteiger partial charge in [-0.3, -0.25) is 4.79 Å². The van der Waals surface area contributed by atoms with Gasteiger partial charge in [-0.2, -0.15) is 0 Å². The molecule has 0 heterocycles. The standard InChI is InChI=1S/C8H17NO2/c1-6(2)9-7(3)5-8(10)11-4/h6-7,9H,5H2,1-4H3. The summed E-state index contributed by atoms with van der Waals surface area (Å²) in [6, 6.07) is 0.608. The molecule has 3 nitrogen and oxygen atoms in total. The number of hydrogen-bond acceptors (Lipinski definition) is 3. The molecule has 0 bridgehead atoms. The summed E-state index contributed by atoms with van der Waals surface area (Å²) in [6.07, 6.45) is 0.439. The summed E-state index contributed by atoms with van der Waals surface area (Å²) in [5.74, 6) is -0.161. The summed E-state index contributed by atoms with van der Waals surface area (Å²) in [6.45, 7) is 6.07. The minimum atomic E-state index is -0.161. The molecule has 0 spiro atoms. The van der Waals surface area contributed by atoms with Crippen LogP contribution in [0.3, 0.4) is 0 Å². The number of hydrogen-bond donors (Lipinski definition) is 1. The van der Waals surface area contributed by atoms with Crippen LogP contribution in [0.1, 0.15) is 27.2 Å². The highest BCUT2D eigenvalue weighted by Crippen LogP contribution is 1.94. The van der Waals surface area contributed by atoms with E-state index >= 15 is 0 Å². The van der Waals surface area contributed by atoms with Crippen LogP contribution in [0, 0.1) is 0 Å². The minimum absolute atomic E-state index is 0.161. The first-order valence-corrected chi connectivity index (χ1v) is 3.89. The number of methoxy groups -OCH3 is 1. The van der Waals surface area contributed by atoms with Gasteiger partial charge in [-0.25, -0.2) is 0 Å². The van der Waals surface area contributed by atoms with Crippen molar-refractivity contribution < 1.29 is 9.53 Å². The average Bonchev–Trinajstić information content (AvgIpc) is 1.85. The van der Waals surface area contributed by atoms with Crippen LogP contribution in [0.5, 0.6) is 0 Å². The van der Waals surface area contributed by atoms with Crippen LogP contribution in [-0.2, 0) is 9.53 Å². The van der Waals surface area contributed by atoms with Gasteiger partial charge >= 0.3 is 5.97 Å². The Morgan fingerprint density at radius 1 is 1.45 bits per heavy atom. The number of esters is 1. The molecule has 0 aliphatic heterocycles. The molecule has 0 fully saturated rings. The van der Waals surface area contributed by atoms with E-state index < -0.39 is 0 Å². The van der Waals surface area contributed by atoms with Crippen LogP contribution in [0.25, 0.3) is 0 Å². The van der Waals surface area contributed by atoms with Gasteiger partial charge in [0.2, 0.25) is 0 Å². The number of carbonyl (C=O) groups is 1. The first-order valence-electron chi connectivity index (χ1n) is 3.89. The van der Waals surface area contributed by atoms with E-state index in [-0.39, 0.29) is 12.0 Å². The summed E-state index contributed by atoms with van der Waals surface area (Å²) in [5, 5.41) is 3.21. The highest BCUT2D eigenvalue weighted by atomic mass is 16.5. The van der Waals surface area contributed by atoms with Crippen molar-refractivity contribution in [2.75, 3.05) is 7.11 Å². The maximum absolute atomic E-state index is 10.7. The summed E-state index contributed by atoms with van der Waals surface area (Å²) in [4.78, 5) is 10.7. The second kappa shape index (κ2) is 5.13. The summed E-state index contributed by atoms with van der Waals surface area (Å²) >= 11 is 0. The molecule has 0 amide bonds. The van der Waals surface area contributed by atoms with E-state index in [4.69, 9.17) is 0 Å². The Bertz CT molecular complexity index is 123. The Kier molecular flexibility index (Phi) is 4.86. The van der Waals surface area contributed by atoms with Gasteiger partial charge in [-0.1, -0.05) is 13.8 Å². The van der Waals surface area contributed by atoms with Gasteiger partial charge in [0.15, 0.2) is 0 Å². The molecule has 0 radical (unpaired) electrons. The molecule has 11 heavy (non-hydrogen) atoms. The highest BCUT2D eigenvalue weighted by molar-refractivity contribution is 5.69. The number of rotatable bonds is 4. The zero-order valence-corrected chi connectivity index (χ0v) is 7.68. The van der Waals surface area contributed by atoms with Crippen LogP contribution in [0.15, 0.2) is 0 Å². The van der Waals surface area contributed by atoms with Crippen molar-refractivity contribution in [2.24, 2.45) is 0 Å². The Morgan fingerprint density at radius 2 is 2.00 bits per heavy atom. The third kappa shape index (κ3) is 5.85. The molecule has 0 aliphatic carbocycles. The van der Waals surface area contributed by atoms with E-state index in [0.29, 0.717) is 12.5 Å². The van der Waals surface area contributed by atoms with Crippen molar-refractivity contribution in [3.63, 3.8) is 0 Å². The fourth-order valence-corrected chi connectivity index (χ4v) is 0.961. The van der Waals surface area contributed by atoms with Crippen LogP contribution >= 0.6 is 0 Å². The molecular weight excluding hydrogens is 142 g/mol. The minimum Gasteiger partial charge on any atom is -0.469 e. The van der Waals surface area contributed by atoms with E-state index in [0.717, 1.165) is 0 Å². The van der Waals surface area contributed by atoms with Crippen molar-refractivity contribution in [3.05, 3.63) is 0 Å². The molecular formula is C8H17NO2.